The average molecular weight is 740 g/mol. The number of ether oxygens (including phenoxy) is 2. The Kier molecular flexibility index (Phi) is 10.7. The van der Waals surface area contributed by atoms with Crippen molar-refractivity contribution in [2.75, 3.05) is 13.2 Å². The molecule has 262 valence electrons. The van der Waals surface area contributed by atoms with Crippen LogP contribution >= 0.6 is 23.2 Å². The van der Waals surface area contributed by atoms with Gasteiger partial charge in [-0.15, -0.1) is 20.5 Å². The van der Waals surface area contributed by atoms with E-state index >= 15 is 0 Å². The van der Waals surface area contributed by atoms with E-state index in [0.717, 1.165) is 9.36 Å². The molecule has 0 fully saturated rings. The third-order valence-electron chi connectivity index (χ3n) is 7.36. The molecule has 0 bridgehead atoms. The maximum absolute atomic E-state index is 12.6. The minimum absolute atomic E-state index is 0.0932. The van der Waals surface area contributed by atoms with E-state index in [1.54, 1.807) is 111 Å². The van der Waals surface area contributed by atoms with Crippen LogP contribution in [0.25, 0.3) is 22.5 Å². The van der Waals surface area contributed by atoms with Crippen LogP contribution in [0.3, 0.4) is 0 Å². The minimum Gasteiger partial charge on any atom is -0.492 e. The van der Waals surface area contributed by atoms with Crippen LogP contribution in [0.4, 0.5) is 22.7 Å². The Morgan fingerprint density at radius 2 is 1.00 bits per heavy atom. The second-order valence-corrected chi connectivity index (χ2v) is 11.5. The fraction of sp³-hybridized carbons (Fsp3) is 0.111. The van der Waals surface area contributed by atoms with Crippen LogP contribution in [-0.4, -0.2) is 54.9 Å². The molecule has 16 heteroatoms. The number of carbonyl (C=O) groups is 2. The van der Waals surface area contributed by atoms with Crippen molar-refractivity contribution in [1.29, 1.82) is 0 Å². The van der Waals surface area contributed by atoms with Crippen LogP contribution in [0.15, 0.2) is 118 Å². The van der Waals surface area contributed by atoms with E-state index < -0.39 is 23.7 Å². The van der Waals surface area contributed by atoms with Crippen LogP contribution in [0.5, 0.6) is 11.8 Å². The number of benzene rings is 4. The monoisotopic (exact) mass is 738 g/mol. The predicted molar refractivity (Wildman–Crippen MR) is 193 cm³/mol. The highest BCUT2D eigenvalue weighted by molar-refractivity contribution is 6.34. The fourth-order valence-corrected chi connectivity index (χ4v) is 5.34. The van der Waals surface area contributed by atoms with Gasteiger partial charge in [0.15, 0.2) is 11.4 Å². The highest BCUT2D eigenvalue weighted by Gasteiger charge is 2.26. The summed E-state index contributed by atoms with van der Waals surface area (Å²) in [6.45, 7) is 3.49. The zero-order chi connectivity index (χ0) is 36.8. The molecule has 6 rings (SSSR count). The molecule has 4 aromatic carbocycles. The summed E-state index contributed by atoms with van der Waals surface area (Å²) in [6.07, 6.45) is 0. The van der Waals surface area contributed by atoms with Crippen LogP contribution in [0, 0.1) is 0 Å². The predicted octanol–water partition coefficient (Wildman–Crippen LogP) is 9.63. The molecule has 0 saturated carbocycles. The normalized spacial score (nSPS) is 11.4. The van der Waals surface area contributed by atoms with Gasteiger partial charge in [-0.05, 0) is 73.5 Å². The average Bonchev–Trinajstić information content (AvgIpc) is 3.67. The smallest absolute Gasteiger partial charge is 0.361 e. The first-order chi connectivity index (χ1) is 25.2. The van der Waals surface area contributed by atoms with Crippen molar-refractivity contribution in [2.24, 2.45) is 20.5 Å². The van der Waals surface area contributed by atoms with Gasteiger partial charge in [0, 0.05) is 0 Å². The van der Waals surface area contributed by atoms with E-state index in [9.17, 15) is 19.8 Å². The van der Waals surface area contributed by atoms with Gasteiger partial charge in [0.2, 0.25) is 23.1 Å². The van der Waals surface area contributed by atoms with Crippen molar-refractivity contribution in [3.63, 3.8) is 0 Å². The van der Waals surface area contributed by atoms with E-state index in [1.165, 1.54) is 0 Å². The Morgan fingerprint density at radius 3 is 1.35 bits per heavy atom. The standard InChI is InChI=1S/C36H28Cl2N8O6/c1-3-51-35(49)31-29(33(47)45(43-31)23-11-7-5-8-12-23)41-39-27-17-15-21(19-25(27)37)22-16-18-28(26(38)20-22)40-42-30-32(36(50)52-4-2)44-46(34(30)48)24-13-9-6-10-14-24/h5-20,47-48H,3-4H2,1-2H3. The van der Waals surface area contributed by atoms with Crippen LogP contribution in [0.2, 0.25) is 10.0 Å². The van der Waals surface area contributed by atoms with Gasteiger partial charge in [0.25, 0.3) is 0 Å². The summed E-state index contributed by atoms with van der Waals surface area (Å²) >= 11 is 13.2. The SMILES string of the molecule is CCOC(=O)c1nn(-c2ccccc2)c(O)c1N=Nc1ccc(-c2ccc(N=Nc3c(C(=O)OCC)nn(-c4ccccc4)c3O)c(Cl)c2)cc1Cl. The van der Waals surface area contributed by atoms with Gasteiger partial charge >= 0.3 is 11.9 Å². The van der Waals surface area contributed by atoms with Gasteiger partial charge < -0.3 is 19.7 Å². The Bertz CT molecular complexity index is 2160. The minimum atomic E-state index is -0.777. The molecule has 2 aromatic heterocycles. The molecule has 0 saturated heterocycles. The highest BCUT2D eigenvalue weighted by atomic mass is 35.5. The zero-order valence-corrected chi connectivity index (χ0v) is 29.0. The molecule has 52 heavy (non-hydrogen) atoms. The molecule has 2 N–H and O–H groups in total. The number of aromatic hydroxyl groups is 2. The van der Waals surface area contributed by atoms with E-state index in [2.05, 4.69) is 30.7 Å². The number of hydrogen-bond donors (Lipinski definition) is 2. The molecule has 0 aliphatic heterocycles. The van der Waals surface area contributed by atoms with Crippen LogP contribution in [-0.2, 0) is 9.47 Å². The van der Waals surface area contributed by atoms with Crippen molar-refractivity contribution in [3.8, 4) is 34.3 Å². The highest BCUT2D eigenvalue weighted by Crippen LogP contribution is 2.39. The number of aromatic nitrogens is 4. The Labute approximate surface area is 306 Å². The van der Waals surface area contributed by atoms with Crippen LogP contribution in [0.1, 0.15) is 34.8 Å². The third kappa shape index (κ3) is 7.38. The molecule has 0 amide bonds. The lowest BCUT2D eigenvalue weighted by atomic mass is 10.1. The summed E-state index contributed by atoms with van der Waals surface area (Å²) in [5.74, 6) is -2.37. The molecular weight excluding hydrogens is 711 g/mol. The Balaban J connectivity index is 1.26. The van der Waals surface area contributed by atoms with Crippen LogP contribution < -0.4 is 0 Å². The third-order valence-corrected chi connectivity index (χ3v) is 7.96. The summed E-state index contributed by atoms with van der Waals surface area (Å²) in [5.41, 5.74) is 2.03. The number of para-hydroxylation sites is 2. The quantitative estimate of drug-likeness (QED) is 0.0974. The zero-order valence-electron chi connectivity index (χ0n) is 27.5. The van der Waals surface area contributed by atoms with Crippen molar-refractivity contribution in [2.45, 2.75) is 13.8 Å². The van der Waals surface area contributed by atoms with E-state index in [4.69, 9.17) is 32.7 Å². The second-order valence-electron chi connectivity index (χ2n) is 10.7. The lowest BCUT2D eigenvalue weighted by molar-refractivity contribution is 0.0510. The summed E-state index contributed by atoms with van der Waals surface area (Å²) < 4.78 is 12.5. The molecule has 0 radical (unpaired) electrons. The summed E-state index contributed by atoms with van der Waals surface area (Å²) in [5, 5.41) is 47.3. The summed E-state index contributed by atoms with van der Waals surface area (Å²) in [6, 6.07) is 27.4. The second kappa shape index (κ2) is 15.7. The number of carbonyl (C=O) groups excluding carboxylic acids is 2. The molecule has 0 aliphatic carbocycles. The van der Waals surface area contributed by atoms with Crippen molar-refractivity contribution >= 4 is 57.9 Å². The summed E-state index contributed by atoms with van der Waals surface area (Å²) in [4.78, 5) is 25.3. The van der Waals surface area contributed by atoms with Gasteiger partial charge in [0.1, 0.15) is 11.4 Å². The first-order valence-electron chi connectivity index (χ1n) is 15.7. The first-order valence-corrected chi connectivity index (χ1v) is 16.5. The van der Waals surface area contributed by atoms with E-state index in [-0.39, 0.29) is 57.4 Å². The Hall–Kier alpha value is -6.38. The van der Waals surface area contributed by atoms with Gasteiger partial charge in [-0.25, -0.2) is 9.59 Å². The largest absolute Gasteiger partial charge is 0.492 e. The molecular formula is C36H28Cl2N8O6. The fourth-order valence-electron chi connectivity index (χ4n) is 4.90. The molecule has 0 aliphatic rings. The number of halogens is 2. The Morgan fingerprint density at radius 1 is 0.615 bits per heavy atom. The van der Waals surface area contributed by atoms with E-state index in [1.807, 2.05) is 0 Å². The summed E-state index contributed by atoms with van der Waals surface area (Å²) in [7, 11) is 0. The molecule has 0 unspecified atom stereocenters. The number of azo groups is 2. The molecule has 0 atom stereocenters. The van der Waals surface area contributed by atoms with Crippen molar-refractivity contribution < 1.29 is 29.3 Å². The van der Waals surface area contributed by atoms with Crippen molar-refractivity contribution in [3.05, 3.63) is 118 Å². The maximum atomic E-state index is 12.6. The van der Waals surface area contributed by atoms with E-state index in [0.29, 0.717) is 22.5 Å². The van der Waals surface area contributed by atoms with Gasteiger partial charge in [-0.1, -0.05) is 71.7 Å². The first kappa shape index (κ1) is 35.4. The lowest BCUT2D eigenvalue weighted by Crippen LogP contribution is -2.06. The van der Waals surface area contributed by atoms with Gasteiger partial charge in [-0.3, -0.25) is 0 Å². The molecule has 6 aromatic rings. The number of nitrogens with zero attached hydrogens (tertiary/aromatic N) is 8. The number of esters is 2. The molecule has 14 nitrogen and oxygen atoms in total. The topological polar surface area (TPSA) is 178 Å². The molecule has 2 heterocycles. The van der Waals surface area contributed by atoms with Gasteiger partial charge in [-0.2, -0.15) is 19.6 Å². The maximum Gasteiger partial charge on any atom is 0.361 e. The number of hydrogen-bond acceptors (Lipinski definition) is 12. The van der Waals surface area contributed by atoms with Crippen molar-refractivity contribution in [1.82, 2.24) is 19.6 Å². The number of rotatable bonds is 11. The lowest BCUT2D eigenvalue weighted by Gasteiger charge is -2.06. The van der Waals surface area contributed by atoms with Gasteiger partial charge in [0.05, 0.1) is 34.6 Å². The molecule has 0 spiro atoms.